The topological polar surface area (TPSA) is 73.4 Å². The number of hydrogen-bond donors (Lipinski definition) is 2. The van der Waals surface area contributed by atoms with E-state index in [1.807, 2.05) is 39.0 Å². The van der Waals surface area contributed by atoms with Crippen LogP contribution in [0, 0.1) is 6.92 Å². The molecular formula is C16H20N2O3. The van der Waals surface area contributed by atoms with E-state index < -0.39 is 5.97 Å². The van der Waals surface area contributed by atoms with Crippen molar-refractivity contribution in [2.75, 3.05) is 6.54 Å². The fourth-order valence-corrected chi connectivity index (χ4v) is 2.30. The molecule has 0 aliphatic heterocycles. The molecule has 5 heteroatoms. The van der Waals surface area contributed by atoms with Gasteiger partial charge in [-0.3, -0.25) is 9.59 Å². The maximum atomic E-state index is 12.6. The highest BCUT2D eigenvalue weighted by Gasteiger charge is 2.24. The summed E-state index contributed by atoms with van der Waals surface area (Å²) in [6.07, 6.45) is 0.707. The Hall–Kier alpha value is -2.30. The average molecular weight is 288 g/mol. The summed E-state index contributed by atoms with van der Waals surface area (Å²) in [5.41, 5.74) is 2.42. The van der Waals surface area contributed by atoms with Crippen LogP contribution in [0.4, 0.5) is 0 Å². The third-order valence-corrected chi connectivity index (χ3v) is 3.70. The summed E-state index contributed by atoms with van der Waals surface area (Å²) in [5.74, 6) is -1.28. The number of amides is 1. The molecule has 0 saturated carbocycles. The summed E-state index contributed by atoms with van der Waals surface area (Å²) < 4.78 is 0. The number of H-pyrrole nitrogens is 1. The number of rotatable bonds is 5. The second-order valence-corrected chi connectivity index (χ2v) is 5.36. The smallest absolute Gasteiger partial charge is 0.323 e. The molecule has 0 radical (unpaired) electrons. The minimum Gasteiger partial charge on any atom is -0.480 e. The first kappa shape index (κ1) is 15.1. The van der Waals surface area contributed by atoms with Crippen molar-refractivity contribution in [3.05, 3.63) is 35.5 Å². The second-order valence-electron chi connectivity index (χ2n) is 5.36. The normalized spacial score (nSPS) is 12.3. The molecule has 21 heavy (non-hydrogen) atoms. The van der Waals surface area contributed by atoms with Crippen molar-refractivity contribution in [2.24, 2.45) is 0 Å². The molecule has 1 atom stereocenters. The molecule has 0 aliphatic rings. The molecule has 0 aliphatic carbocycles. The van der Waals surface area contributed by atoms with Gasteiger partial charge in [0.2, 0.25) is 0 Å². The number of fused-ring (bicyclic) bond motifs is 1. The van der Waals surface area contributed by atoms with Gasteiger partial charge in [0, 0.05) is 16.9 Å². The molecule has 1 aromatic carbocycles. The summed E-state index contributed by atoms with van der Waals surface area (Å²) in [7, 11) is 0. The number of nitrogens with one attached hydrogen (secondary N) is 1. The monoisotopic (exact) mass is 288 g/mol. The first-order valence-electron chi connectivity index (χ1n) is 7.04. The van der Waals surface area contributed by atoms with Crippen molar-refractivity contribution in [3.8, 4) is 0 Å². The van der Waals surface area contributed by atoms with Crippen LogP contribution >= 0.6 is 0 Å². The Morgan fingerprint density at radius 3 is 2.67 bits per heavy atom. The molecule has 1 amide bonds. The summed E-state index contributed by atoms with van der Waals surface area (Å²) >= 11 is 0. The molecule has 0 bridgehead atoms. The van der Waals surface area contributed by atoms with Crippen molar-refractivity contribution in [2.45, 2.75) is 33.2 Å². The number of aliphatic carboxylic acids is 1. The van der Waals surface area contributed by atoms with Crippen LogP contribution in [-0.2, 0) is 4.79 Å². The van der Waals surface area contributed by atoms with Gasteiger partial charge in [0.05, 0.1) is 0 Å². The van der Waals surface area contributed by atoms with Crippen LogP contribution in [0.3, 0.4) is 0 Å². The lowest BCUT2D eigenvalue weighted by Crippen LogP contribution is -2.42. The number of aromatic amines is 1. The Morgan fingerprint density at radius 1 is 1.33 bits per heavy atom. The van der Waals surface area contributed by atoms with Crippen LogP contribution in [0.2, 0.25) is 0 Å². The summed E-state index contributed by atoms with van der Waals surface area (Å²) in [5, 5.41) is 9.94. The highest BCUT2D eigenvalue weighted by atomic mass is 16.4. The predicted octanol–water partition coefficient (Wildman–Crippen LogP) is 2.80. The molecular weight excluding hydrogens is 268 g/mol. The molecule has 2 aromatic rings. The fourth-order valence-electron chi connectivity index (χ4n) is 2.30. The van der Waals surface area contributed by atoms with Gasteiger partial charge in [0.25, 0.3) is 5.91 Å². The van der Waals surface area contributed by atoms with E-state index in [0.29, 0.717) is 12.1 Å². The van der Waals surface area contributed by atoms with Gasteiger partial charge in [-0.1, -0.05) is 19.1 Å². The SMILES string of the molecule is CCC(C)N(CC(=O)O)C(=O)c1cc2ccc(C)cc2[nH]1. The van der Waals surface area contributed by atoms with E-state index in [2.05, 4.69) is 4.98 Å². The highest BCUT2D eigenvalue weighted by molar-refractivity contribution is 5.99. The van der Waals surface area contributed by atoms with Gasteiger partial charge in [-0.15, -0.1) is 0 Å². The zero-order chi connectivity index (χ0) is 15.6. The Kier molecular flexibility index (Phi) is 4.31. The van der Waals surface area contributed by atoms with Crippen LogP contribution in [-0.4, -0.2) is 39.5 Å². The van der Waals surface area contributed by atoms with E-state index >= 15 is 0 Å². The number of carbonyl (C=O) groups is 2. The molecule has 112 valence electrons. The second kappa shape index (κ2) is 5.99. The quantitative estimate of drug-likeness (QED) is 0.888. The van der Waals surface area contributed by atoms with Crippen LogP contribution in [0.5, 0.6) is 0 Å². The van der Waals surface area contributed by atoms with Crippen molar-refractivity contribution >= 4 is 22.8 Å². The van der Waals surface area contributed by atoms with E-state index in [1.165, 1.54) is 4.90 Å². The number of carboxylic acid groups (broad SMARTS) is 1. The van der Waals surface area contributed by atoms with Gasteiger partial charge >= 0.3 is 5.97 Å². The Bertz CT molecular complexity index is 675. The zero-order valence-electron chi connectivity index (χ0n) is 12.5. The number of aromatic nitrogens is 1. The lowest BCUT2D eigenvalue weighted by Gasteiger charge is -2.26. The van der Waals surface area contributed by atoms with E-state index in [9.17, 15) is 9.59 Å². The minimum absolute atomic E-state index is 0.123. The molecule has 1 unspecified atom stereocenters. The average Bonchev–Trinajstić information content (AvgIpc) is 2.85. The van der Waals surface area contributed by atoms with Crippen molar-refractivity contribution in [1.29, 1.82) is 0 Å². The van der Waals surface area contributed by atoms with Gasteiger partial charge in [-0.2, -0.15) is 0 Å². The number of nitrogens with zero attached hydrogens (tertiary/aromatic N) is 1. The Morgan fingerprint density at radius 2 is 2.05 bits per heavy atom. The van der Waals surface area contributed by atoms with Gasteiger partial charge in [0.1, 0.15) is 12.2 Å². The molecule has 2 N–H and O–H groups in total. The van der Waals surface area contributed by atoms with E-state index in [4.69, 9.17) is 5.11 Å². The summed E-state index contributed by atoms with van der Waals surface area (Å²) in [4.78, 5) is 28.0. The molecule has 0 fully saturated rings. The molecule has 2 rings (SSSR count). The zero-order valence-corrected chi connectivity index (χ0v) is 12.5. The van der Waals surface area contributed by atoms with E-state index in [0.717, 1.165) is 16.5 Å². The highest BCUT2D eigenvalue weighted by Crippen LogP contribution is 2.19. The van der Waals surface area contributed by atoms with Crippen LogP contribution < -0.4 is 0 Å². The van der Waals surface area contributed by atoms with E-state index in [-0.39, 0.29) is 18.5 Å². The van der Waals surface area contributed by atoms with Gasteiger partial charge in [-0.25, -0.2) is 0 Å². The lowest BCUT2D eigenvalue weighted by atomic mass is 10.2. The summed E-state index contributed by atoms with van der Waals surface area (Å²) in [6, 6.07) is 7.55. The fraction of sp³-hybridized carbons (Fsp3) is 0.375. The van der Waals surface area contributed by atoms with Gasteiger partial charge < -0.3 is 15.0 Å². The maximum Gasteiger partial charge on any atom is 0.323 e. The summed E-state index contributed by atoms with van der Waals surface area (Å²) in [6.45, 7) is 5.48. The number of aryl methyl sites for hydroxylation is 1. The van der Waals surface area contributed by atoms with Crippen molar-refractivity contribution in [1.82, 2.24) is 9.88 Å². The minimum atomic E-state index is -1.00. The van der Waals surface area contributed by atoms with Crippen molar-refractivity contribution in [3.63, 3.8) is 0 Å². The molecule has 1 heterocycles. The number of hydrogen-bond acceptors (Lipinski definition) is 2. The lowest BCUT2D eigenvalue weighted by molar-refractivity contribution is -0.138. The van der Waals surface area contributed by atoms with Crippen molar-refractivity contribution < 1.29 is 14.7 Å². The third kappa shape index (κ3) is 3.24. The number of benzene rings is 1. The Labute approximate surface area is 123 Å². The van der Waals surface area contributed by atoms with Gasteiger partial charge in [-0.05, 0) is 38.0 Å². The first-order chi connectivity index (χ1) is 9.92. The Balaban J connectivity index is 2.35. The maximum absolute atomic E-state index is 12.6. The third-order valence-electron chi connectivity index (χ3n) is 3.70. The standard InChI is InChI=1S/C16H20N2O3/c1-4-11(3)18(9-15(19)20)16(21)14-8-12-6-5-10(2)7-13(12)17-14/h5-8,11,17H,4,9H2,1-3H3,(H,19,20). The molecule has 1 aromatic heterocycles. The largest absolute Gasteiger partial charge is 0.480 e. The number of carboxylic acids is 1. The number of carbonyl (C=O) groups excluding carboxylic acids is 1. The molecule has 0 saturated heterocycles. The van der Waals surface area contributed by atoms with Crippen LogP contribution in [0.1, 0.15) is 36.3 Å². The van der Waals surface area contributed by atoms with Crippen LogP contribution in [0.15, 0.2) is 24.3 Å². The van der Waals surface area contributed by atoms with E-state index in [1.54, 1.807) is 6.07 Å². The van der Waals surface area contributed by atoms with Gasteiger partial charge in [0.15, 0.2) is 0 Å². The molecule has 0 spiro atoms. The molecule has 5 nitrogen and oxygen atoms in total. The van der Waals surface area contributed by atoms with Crippen LogP contribution in [0.25, 0.3) is 10.9 Å². The first-order valence-corrected chi connectivity index (χ1v) is 7.04. The predicted molar refractivity (Wildman–Crippen MR) is 81.5 cm³/mol.